The predicted octanol–water partition coefficient (Wildman–Crippen LogP) is 6.26. The van der Waals surface area contributed by atoms with Crippen LogP contribution in [0.3, 0.4) is 0 Å². The zero-order valence-corrected chi connectivity index (χ0v) is 15.2. The number of nitrogens with zero attached hydrogens (tertiary/aromatic N) is 2. The van der Waals surface area contributed by atoms with Gasteiger partial charge in [0.15, 0.2) is 11.6 Å². The molecule has 0 atom stereocenters. The first-order valence-electron chi connectivity index (χ1n) is 8.30. The molecule has 0 amide bonds. The van der Waals surface area contributed by atoms with E-state index >= 15 is 0 Å². The van der Waals surface area contributed by atoms with Gasteiger partial charge in [-0.25, -0.2) is 9.37 Å². The molecule has 4 rings (SSSR count). The molecular formula is C19H12ClF4N5. The Balaban J connectivity index is 1.60. The van der Waals surface area contributed by atoms with Gasteiger partial charge in [-0.15, -0.1) is 0 Å². The minimum absolute atomic E-state index is 0.0157. The van der Waals surface area contributed by atoms with Gasteiger partial charge in [0.25, 0.3) is 0 Å². The van der Waals surface area contributed by atoms with E-state index in [1.165, 1.54) is 6.07 Å². The lowest BCUT2D eigenvalue weighted by Gasteiger charge is -2.13. The number of H-pyrrole nitrogens is 1. The van der Waals surface area contributed by atoms with Crippen LogP contribution in [0.1, 0.15) is 5.56 Å². The Hall–Kier alpha value is -3.33. The van der Waals surface area contributed by atoms with E-state index in [2.05, 4.69) is 25.6 Å². The quantitative estimate of drug-likeness (QED) is 0.340. The Labute approximate surface area is 166 Å². The monoisotopic (exact) mass is 421 g/mol. The van der Waals surface area contributed by atoms with Crippen molar-refractivity contribution in [2.24, 2.45) is 0 Å². The summed E-state index contributed by atoms with van der Waals surface area (Å²) in [5.41, 5.74) is 0.494. The maximum absolute atomic E-state index is 14.1. The highest BCUT2D eigenvalue weighted by Crippen LogP contribution is 2.36. The minimum Gasteiger partial charge on any atom is -0.361 e. The molecule has 4 aromatic rings. The van der Waals surface area contributed by atoms with Gasteiger partial charge in [0.1, 0.15) is 0 Å². The van der Waals surface area contributed by atoms with Crippen molar-refractivity contribution in [3.8, 4) is 0 Å². The van der Waals surface area contributed by atoms with Crippen LogP contribution in [0, 0.1) is 5.82 Å². The predicted molar refractivity (Wildman–Crippen MR) is 103 cm³/mol. The highest BCUT2D eigenvalue weighted by molar-refractivity contribution is 6.31. The van der Waals surface area contributed by atoms with E-state index in [9.17, 15) is 17.6 Å². The van der Waals surface area contributed by atoms with Crippen LogP contribution in [0.2, 0.25) is 5.02 Å². The summed E-state index contributed by atoms with van der Waals surface area (Å²) >= 11 is 5.60. The molecule has 10 heteroatoms. The van der Waals surface area contributed by atoms with Gasteiger partial charge in [-0.2, -0.15) is 18.2 Å². The van der Waals surface area contributed by atoms with Crippen molar-refractivity contribution in [1.29, 1.82) is 0 Å². The van der Waals surface area contributed by atoms with Gasteiger partial charge in [0, 0.05) is 23.1 Å². The zero-order chi connectivity index (χ0) is 20.6. The van der Waals surface area contributed by atoms with E-state index in [1.807, 2.05) is 18.2 Å². The standard InChI is InChI=1S/C19H12ClF4N5/c20-14-4-3-11(7-13(14)19(22,23)24)27-17-15(21)9-26-18(29-17)28-12-2-1-10-5-6-25-16(10)8-12/h1-9,25H,(H2,26,27,28,29). The number of aromatic nitrogens is 3. The summed E-state index contributed by atoms with van der Waals surface area (Å²) in [5.74, 6) is -1.03. The van der Waals surface area contributed by atoms with E-state index < -0.39 is 22.6 Å². The van der Waals surface area contributed by atoms with Crippen LogP contribution in [0.4, 0.5) is 40.7 Å². The molecule has 0 fully saturated rings. The summed E-state index contributed by atoms with van der Waals surface area (Å²) in [5, 5.41) is 6.03. The van der Waals surface area contributed by atoms with Gasteiger partial charge >= 0.3 is 6.18 Å². The third kappa shape index (κ3) is 4.09. The number of halogens is 5. The van der Waals surface area contributed by atoms with Crippen molar-refractivity contribution in [3.63, 3.8) is 0 Å². The highest BCUT2D eigenvalue weighted by Gasteiger charge is 2.33. The zero-order valence-electron chi connectivity index (χ0n) is 14.5. The van der Waals surface area contributed by atoms with Crippen molar-refractivity contribution in [2.45, 2.75) is 6.18 Å². The van der Waals surface area contributed by atoms with Crippen molar-refractivity contribution < 1.29 is 17.6 Å². The molecule has 0 spiro atoms. The fraction of sp³-hybridized carbons (Fsp3) is 0.0526. The maximum Gasteiger partial charge on any atom is 0.417 e. The van der Waals surface area contributed by atoms with Crippen LogP contribution >= 0.6 is 11.6 Å². The number of nitrogens with one attached hydrogen (secondary N) is 3. The van der Waals surface area contributed by atoms with Gasteiger partial charge in [0.2, 0.25) is 5.95 Å². The number of fused-ring (bicyclic) bond motifs is 1. The third-order valence-corrected chi connectivity index (χ3v) is 4.42. The van der Waals surface area contributed by atoms with E-state index in [4.69, 9.17) is 11.6 Å². The Bertz CT molecular complexity index is 1190. The molecule has 0 radical (unpaired) electrons. The molecule has 2 heterocycles. The third-order valence-electron chi connectivity index (χ3n) is 4.09. The molecule has 0 saturated carbocycles. The molecule has 5 nitrogen and oxygen atoms in total. The Morgan fingerprint density at radius 1 is 0.966 bits per heavy atom. The van der Waals surface area contributed by atoms with Crippen LogP contribution in [0.5, 0.6) is 0 Å². The first-order chi connectivity index (χ1) is 13.8. The Morgan fingerprint density at radius 2 is 1.72 bits per heavy atom. The van der Waals surface area contributed by atoms with Gasteiger partial charge in [0.05, 0.1) is 16.8 Å². The summed E-state index contributed by atoms with van der Waals surface area (Å²) < 4.78 is 53.2. The lowest BCUT2D eigenvalue weighted by atomic mass is 10.2. The average Bonchev–Trinajstić information content (AvgIpc) is 3.13. The second-order valence-corrected chi connectivity index (χ2v) is 6.52. The summed E-state index contributed by atoms with van der Waals surface area (Å²) in [7, 11) is 0. The topological polar surface area (TPSA) is 65.6 Å². The number of benzene rings is 2. The van der Waals surface area contributed by atoms with E-state index in [0.717, 1.165) is 29.2 Å². The number of hydrogen-bond acceptors (Lipinski definition) is 4. The molecule has 0 aliphatic carbocycles. The van der Waals surface area contributed by atoms with E-state index in [-0.39, 0.29) is 17.5 Å². The molecule has 0 unspecified atom stereocenters. The average molecular weight is 422 g/mol. The maximum atomic E-state index is 14.1. The van der Waals surface area contributed by atoms with Crippen LogP contribution in [0.15, 0.2) is 54.9 Å². The SMILES string of the molecule is Fc1cnc(Nc2ccc3cc[nH]c3c2)nc1Nc1ccc(Cl)c(C(F)(F)F)c1. The van der Waals surface area contributed by atoms with E-state index in [1.54, 1.807) is 12.3 Å². The van der Waals surface area contributed by atoms with Crippen LogP contribution in [-0.4, -0.2) is 15.0 Å². The molecule has 2 aromatic heterocycles. The number of hydrogen-bond donors (Lipinski definition) is 3. The van der Waals surface area contributed by atoms with Crippen LogP contribution in [-0.2, 0) is 6.18 Å². The molecule has 0 bridgehead atoms. The lowest BCUT2D eigenvalue weighted by Crippen LogP contribution is -2.07. The number of anilines is 4. The van der Waals surface area contributed by atoms with Gasteiger partial charge < -0.3 is 15.6 Å². The highest BCUT2D eigenvalue weighted by atomic mass is 35.5. The van der Waals surface area contributed by atoms with Gasteiger partial charge in [-0.3, -0.25) is 0 Å². The first-order valence-corrected chi connectivity index (χ1v) is 8.68. The van der Waals surface area contributed by atoms with Gasteiger partial charge in [-0.1, -0.05) is 17.7 Å². The fourth-order valence-electron chi connectivity index (χ4n) is 2.73. The minimum atomic E-state index is -4.64. The van der Waals surface area contributed by atoms with Crippen molar-refractivity contribution in [2.75, 3.05) is 10.6 Å². The van der Waals surface area contributed by atoms with Crippen molar-refractivity contribution in [1.82, 2.24) is 15.0 Å². The molecule has 3 N–H and O–H groups in total. The Kier molecular flexibility index (Phi) is 4.75. The van der Waals surface area contributed by atoms with Crippen molar-refractivity contribution >= 4 is 45.6 Å². The van der Waals surface area contributed by atoms with E-state index in [0.29, 0.717) is 5.69 Å². The van der Waals surface area contributed by atoms with Gasteiger partial charge in [-0.05, 0) is 41.8 Å². The molecule has 0 saturated heterocycles. The summed E-state index contributed by atoms with van der Waals surface area (Å²) in [6, 6.07) is 10.6. The summed E-state index contributed by atoms with van der Waals surface area (Å²) in [6.45, 7) is 0. The normalized spacial score (nSPS) is 11.6. The molecule has 148 valence electrons. The molecule has 29 heavy (non-hydrogen) atoms. The number of aromatic amines is 1. The molecule has 0 aliphatic rings. The molecule has 2 aromatic carbocycles. The Morgan fingerprint density at radius 3 is 2.52 bits per heavy atom. The smallest absolute Gasteiger partial charge is 0.361 e. The lowest BCUT2D eigenvalue weighted by molar-refractivity contribution is -0.137. The number of alkyl halides is 3. The largest absolute Gasteiger partial charge is 0.417 e. The summed E-state index contributed by atoms with van der Waals surface area (Å²) in [6.07, 6.45) is -1.92. The van der Waals surface area contributed by atoms with Crippen LogP contribution in [0.25, 0.3) is 10.9 Å². The molecular weight excluding hydrogens is 410 g/mol. The fourth-order valence-corrected chi connectivity index (χ4v) is 2.95. The molecule has 0 aliphatic heterocycles. The number of rotatable bonds is 4. The van der Waals surface area contributed by atoms with Crippen LogP contribution < -0.4 is 10.6 Å². The van der Waals surface area contributed by atoms with Crippen molar-refractivity contribution in [3.05, 3.63) is 71.3 Å². The summed E-state index contributed by atoms with van der Waals surface area (Å²) in [4.78, 5) is 10.9. The first kappa shape index (κ1) is 19.0. The second-order valence-electron chi connectivity index (χ2n) is 6.11. The second kappa shape index (κ2) is 7.25.